The van der Waals surface area contributed by atoms with Gasteiger partial charge in [0.15, 0.2) is 0 Å². The van der Waals surface area contributed by atoms with Gasteiger partial charge in [0.25, 0.3) is 0 Å². The first-order valence-electron chi connectivity index (χ1n) is 8.68. The first-order chi connectivity index (χ1) is 13.5. The summed E-state index contributed by atoms with van der Waals surface area (Å²) in [5.41, 5.74) is 1.98. The number of anilines is 2. The third-order valence-electron chi connectivity index (χ3n) is 3.83. The largest absolute Gasteiger partial charge is 0.497 e. The molecule has 0 fully saturated rings. The predicted molar refractivity (Wildman–Crippen MR) is 104 cm³/mol. The molecule has 1 aromatic heterocycles. The summed E-state index contributed by atoms with van der Waals surface area (Å²) in [6, 6.07) is 14.3. The lowest BCUT2D eigenvalue weighted by atomic mass is 10.2. The molecule has 3 aromatic rings. The number of nitrogens with zero attached hydrogens (tertiary/aromatic N) is 2. The molecule has 0 saturated heterocycles. The number of carbonyl (C=O) groups is 2. The number of aryl methyl sites for hydroxylation is 1. The second kappa shape index (κ2) is 8.81. The van der Waals surface area contributed by atoms with Crippen LogP contribution < -0.4 is 15.4 Å². The van der Waals surface area contributed by atoms with Crippen LogP contribution in [0.3, 0.4) is 0 Å². The lowest BCUT2D eigenvalue weighted by Crippen LogP contribution is -2.13. The summed E-state index contributed by atoms with van der Waals surface area (Å²) in [6.45, 7) is 1.43. The fourth-order valence-electron chi connectivity index (χ4n) is 2.56. The van der Waals surface area contributed by atoms with E-state index in [0.29, 0.717) is 35.3 Å². The van der Waals surface area contributed by atoms with E-state index in [1.165, 1.54) is 6.92 Å². The number of rotatable bonds is 7. The normalized spacial score (nSPS) is 10.4. The second-order valence-corrected chi connectivity index (χ2v) is 6.05. The molecule has 144 valence electrons. The smallest absolute Gasteiger partial charge is 0.227 e. The number of carbonyl (C=O) groups excluding carboxylic acids is 2. The molecule has 0 aliphatic rings. The Morgan fingerprint density at radius 1 is 1.07 bits per heavy atom. The Morgan fingerprint density at radius 3 is 2.57 bits per heavy atom. The summed E-state index contributed by atoms with van der Waals surface area (Å²) in [5, 5.41) is 9.40. The maximum absolute atomic E-state index is 12.2. The van der Waals surface area contributed by atoms with E-state index in [4.69, 9.17) is 9.26 Å². The van der Waals surface area contributed by atoms with Crippen LogP contribution in [-0.4, -0.2) is 29.1 Å². The van der Waals surface area contributed by atoms with Crippen LogP contribution in [0.15, 0.2) is 53.1 Å². The Bertz CT molecular complexity index is 984. The molecule has 0 unspecified atom stereocenters. The Labute approximate surface area is 161 Å². The minimum atomic E-state index is -0.193. The van der Waals surface area contributed by atoms with Crippen LogP contribution in [0.4, 0.5) is 11.4 Å². The van der Waals surface area contributed by atoms with Gasteiger partial charge in [-0.15, -0.1) is 0 Å². The predicted octanol–water partition coefficient (Wildman–Crippen LogP) is 3.27. The SMILES string of the molecule is COc1cccc(-c2noc(CCC(=O)Nc3cccc(NC(C)=O)c3)n2)c1. The molecule has 0 radical (unpaired) electrons. The number of methoxy groups -OCH3 is 1. The van der Waals surface area contributed by atoms with Gasteiger partial charge in [0.05, 0.1) is 7.11 Å². The van der Waals surface area contributed by atoms with Gasteiger partial charge in [-0.2, -0.15) is 4.98 Å². The zero-order chi connectivity index (χ0) is 19.9. The molecule has 0 bridgehead atoms. The van der Waals surface area contributed by atoms with Crippen LogP contribution in [0.1, 0.15) is 19.2 Å². The van der Waals surface area contributed by atoms with Gasteiger partial charge in [-0.25, -0.2) is 0 Å². The molecule has 2 aromatic carbocycles. The Kier molecular flexibility index (Phi) is 6.01. The molecule has 0 atom stereocenters. The second-order valence-electron chi connectivity index (χ2n) is 6.05. The fraction of sp³-hybridized carbons (Fsp3) is 0.200. The van der Waals surface area contributed by atoms with Crippen molar-refractivity contribution in [1.82, 2.24) is 10.1 Å². The number of nitrogens with one attached hydrogen (secondary N) is 2. The summed E-state index contributed by atoms with van der Waals surface area (Å²) < 4.78 is 10.4. The topological polar surface area (TPSA) is 106 Å². The first-order valence-corrected chi connectivity index (χ1v) is 8.68. The van der Waals surface area contributed by atoms with Gasteiger partial charge in [-0.3, -0.25) is 9.59 Å². The minimum absolute atomic E-state index is 0.174. The standard InChI is InChI=1S/C20H20N4O4/c1-13(25)21-15-6-4-7-16(12-15)22-18(26)9-10-19-23-20(24-28-19)14-5-3-8-17(11-14)27-2/h3-8,11-12H,9-10H2,1-2H3,(H,21,25)(H,22,26). The quantitative estimate of drug-likeness (QED) is 0.651. The maximum Gasteiger partial charge on any atom is 0.227 e. The van der Waals surface area contributed by atoms with Gasteiger partial charge in [0, 0.05) is 36.7 Å². The summed E-state index contributed by atoms with van der Waals surface area (Å²) >= 11 is 0. The van der Waals surface area contributed by atoms with E-state index >= 15 is 0 Å². The fourth-order valence-corrected chi connectivity index (χ4v) is 2.56. The van der Waals surface area contributed by atoms with Crippen molar-refractivity contribution >= 4 is 23.2 Å². The van der Waals surface area contributed by atoms with Crippen LogP contribution in [0.5, 0.6) is 5.75 Å². The number of benzene rings is 2. The highest BCUT2D eigenvalue weighted by atomic mass is 16.5. The lowest BCUT2D eigenvalue weighted by molar-refractivity contribution is -0.116. The summed E-state index contributed by atoms with van der Waals surface area (Å²) in [7, 11) is 1.59. The van der Waals surface area contributed by atoms with Gasteiger partial charge in [-0.05, 0) is 30.3 Å². The van der Waals surface area contributed by atoms with Crippen molar-refractivity contribution in [2.75, 3.05) is 17.7 Å². The van der Waals surface area contributed by atoms with Crippen molar-refractivity contribution in [1.29, 1.82) is 0 Å². The number of amides is 2. The molecular formula is C20H20N4O4. The molecule has 3 rings (SSSR count). The van der Waals surface area contributed by atoms with E-state index in [0.717, 1.165) is 5.56 Å². The van der Waals surface area contributed by atoms with Crippen LogP contribution in [0.2, 0.25) is 0 Å². The lowest BCUT2D eigenvalue weighted by Gasteiger charge is -2.07. The van der Waals surface area contributed by atoms with Crippen molar-refractivity contribution in [3.8, 4) is 17.1 Å². The van der Waals surface area contributed by atoms with Crippen LogP contribution in [0.25, 0.3) is 11.4 Å². The molecule has 2 amide bonds. The third kappa shape index (κ3) is 5.16. The zero-order valence-electron chi connectivity index (χ0n) is 15.6. The third-order valence-corrected chi connectivity index (χ3v) is 3.83. The van der Waals surface area contributed by atoms with Crippen molar-refractivity contribution in [2.45, 2.75) is 19.8 Å². The molecule has 8 nitrogen and oxygen atoms in total. The number of aromatic nitrogens is 2. The van der Waals surface area contributed by atoms with Gasteiger partial charge in [0.2, 0.25) is 23.5 Å². The first kappa shape index (κ1) is 19.1. The Morgan fingerprint density at radius 2 is 1.82 bits per heavy atom. The van der Waals surface area contributed by atoms with E-state index in [1.54, 1.807) is 31.4 Å². The molecule has 1 heterocycles. The molecule has 0 saturated carbocycles. The Balaban J connectivity index is 1.56. The van der Waals surface area contributed by atoms with Crippen molar-refractivity contribution in [2.24, 2.45) is 0 Å². The molecule has 8 heteroatoms. The highest BCUT2D eigenvalue weighted by Crippen LogP contribution is 2.21. The number of hydrogen-bond acceptors (Lipinski definition) is 6. The average Bonchev–Trinajstić information content (AvgIpc) is 3.15. The Hall–Kier alpha value is -3.68. The van der Waals surface area contributed by atoms with E-state index in [1.807, 2.05) is 24.3 Å². The highest BCUT2D eigenvalue weighted by molar-refractivity contribution is 5.93. The van der Waals surface area contributed by atoms with E-state index < -0.39 is 0 Å². The molecular weight excluding hydrogens is 360 g/mol. The molecule has 2 N–H and O–H groups in total. The van der Waals surface area contributed by atoms with Gasteiger partial charge < -0.3 is 19.9 Å². The zero-order valence-corrected chi connectivity index (χ0v) is 15.6. The van der Waals surface area contributed by atoms with Crippen LogP contribution >= 0.6 is 0 Å². The van der Waals surface area contributed by atoms with Crippen molar-refractivity contribution in [3.63, 3.8) is 0 Å². The molecule has 0 spiro atoms. The van der Waals surface area contributed by atoms with Gasteiger partial charge >= 0.3 is 0 Å². The molecule has 28 heavy (non-hydrogen) atoms. The maximum atomic E-state index is 12.2. The van der Waals surface area contributed by atoms with Crippen molar-refractivity contribution in [3.05, 3.63) is 54.4 Å². The van der Waals surface area contributed by atoms with Gasteiger partial charge in [-0.1, -0.05) is 23.4 Å². The van der Waals surface area contributed by atoms with E-state index in [2.05, 4.69) is 20.8 Å². The van der Waals surface area contributed by atoms with Crippen molar-refractivity contribution < 1.29 is 18.8 Å². The average molecular weight is 380 g/mol. The summed E-state index contributed by atoms with van der Waals surface area (Å²) in [4.78, 5) is 27.6. The van der Waals surface area contributed by atoms with Crippen LogP contribution in [-0.2, 0) is 16.0 Å². The summed E-state index contributed by atoms with van der Waals surface area (Å²) in [5.74, 6) is 1.15. The number of ether oxygens (including phenoxy) is 1. The minimum Gasteiger partial charge on any atom is -0.497 e. The monoisotopic (exact) mass is 380 g/mol. The van der Waals surface area contributed by atoms with E-state index in [-0.39, 0.29) is 18.2 Å². The number of hydrogen-bond donors (Lipinski definition) is 2. The van der Waals surface area contributed by atoms with Crippen LogP contribution in [0, 0.1) is 0 Å². The van der Waals surface area contributed by atoms with Gasteiger partial charge in [0.1, 0.15) is 5.75 Å². The summed E-state index contributed by atoms with van der Waals surface area (Å²) in [6.07, 6.45) is 0.498. The molecule has 0 aliphatic carbocycles. The highest BCUT2D eigenvalue weighted by Gasteiger charge is 2.12. The molecule has 0 aliphatic heterocycles. The van der Waals surface area contributed by atoms with E-state index in [9.17, 15) is 9.59 Å².